The van der Waals surface area contributed by atoms with Crippen LogP contribution in [0.5, 0.6) is 0 Å². The minimum atomic E-state index is -0.861. The van der Waals surface area contributed by atoms with Crippen LogP contribution >= 0.6 is 0 Å². The normalized spacial score (nSPS) is 21.1. The monoisotopic (exact) mass is 312 g/mol. The first-order chi connectivity index (χ1) is 11.0. The Morgan fingerprint density at radius 1 is 1.26 bits per heavy atom. The fourth-order valence-corrected chi connectivity index (χ4v) is 3.34. The minimum absolute atomic E-state index is 0.0294. The number of aliphatic carboxylic acids is 1. The SMILES string of the molecule is CC(C)C1(C(=O)O)CCN(C(=O)c2nccc3ccccc23)C1. The zero-order chi connectivity index (χ0) is 16.6. The number of carbonyl (C=O) groups is 2. The lowest BCUT2D eigenvalue weighted by atomic mass is 9.76. The summed E-state index contributed by atoms with van der Waals surface area (Å²) in [4.78, 5) is 30.5. The number of fused-ring (bicyclic) bond motifs is 1. The Balaban J connectivity index is 1.94. The molecule has 2 heterocycles. The van der Waals surface area contributed by atoms with Gasteiger partial charge in [-0.25, -0.2) is 0 Å². The molecule has 1 aliphatic rings. The highest BCUT2D eigenvalue weighted by Crippen LogP contribution is 2.38. The predicted molar refractivity (Wildman–Crippen MR) is 87.2 cm³/mol. The Morgan fingerprint density at radius 3 is 2.65 bits per heavy atom. The first-order valence-electron chi connectivity index (χ1n) is 7.82. The Labute approximate surface area is 134 Å². The zero-order valence-electron chi connectivity index (χ0n) is 13.3. The summed E-state index contributed by atoms with van der Waals surface area (Å²) in [5.74, 6) is -1.04. The van der Waals surface area contributed by atoms with Crippen LogP contribution in [0.25, 0.3) is 10.8 Å². The van der Waals surface area contributed by atoms with E-state index in [9.17, 15) is 14.7 Å². The summed E-state index contributed by atoms with van der Waals surface area (Å²) >= 11 is 0. The van der Waals surface area contributed by atoms with Gasteiger partial charge in [-0.2, -0.15) is 0 Å². The highest BCUT2D eigenvalue weighted by atomic mass is 16.4. The maximum Gasteiger partial charge on any atom is 0.311 e. The van der Waals surface area contributed by atoms with Crippen LogP contribution in [-0.4, -0.2) is 40.0 Å². The fraction of sp³-hybridized carbons (Fsp3) is 0.389. The van der Waals surface area contributed by atoms with Crippen molar-refractivity contribution in [3.8, 4) is 0 Å². The molecule has 3 rings (SSSR count). The Kier molecular flexibility index (Phi) is 3.80. The Morgan fingerprint density at radius 2 is 2.00 bits per heavy atom. The molecule has 0 saturated carbocycles. The molecule has 0 aliphatic carbocycles. The first kappa shape index (κ1) is 15.5. The van der Waals surface area contributed by atoms with Crippen LogP contribution < -0.4 is 0 Å². The van der Waals surface area contributed by atoms with Gasteiger partial charge in [0.05, 0.1) is 5.41 Å². The molecule has 5 heteroatoms. The van der Waals surface area contributed by atoms with Crippen LogP contribution in [0, 0.1) is 11.3 Å². The third-order valence-electron chi connectivity index (χ3n) is 5.00. The summed E-state index contributed by atoms with van der Waals surface area (Å²) in [6, 6.07) is 9.47. The molecule has 1 amide bonds. The van der Waals surface area contributed by atoms with E-state index in [4.69, 9.17) is 0 Å². The van der Waals surface area contributed by atoms with Crippen LogP contribution in [0.2, 0.25) is 0 Å². The molecule has 1 aromatic carbocycles. The molecule has 0 radical (unpaired) electrons. The molecule has 5 nitrogen and oxygen atoms in total. The molecule has 1 aromatic heterocycles. The summed E-state index contributed by atoms with van der Waals surface area (Å²) < 4.78 is 0. The summed E-state index contributed by atoms with van der Waals surface area (Å²) in [6.45, 7) is 4.49. The van der Waals surface area contributed by atoms with Crippen molar-refractivity contribution in [3.05, 3.63) is 42.2 Å². The van der Waals surface area contributed by atoms with Crippen LogP contribution in [0.1, 0.15) is 30.8 Å². The van der Waals surface area contributed by atoms with E-state index in [0.29, 0.717) is 18.7 Å². The standard InChI is InChI=1S/C18H20N2O3/c1-12(2)18(17(22)23)8-10-20(11-18)16(21)15-14-6-4-3-5-13(14)7-9-19-15/h3-7,9,12H,8,10-11H2,1-2H3,(H,22,23). The van der Waals surface area contributed by atoms with Gasteiger partial charge in [0.25, 0.3) is 5.91 Å². The lowest BCUT2D eigenvalue weighted by Crippen LogP contribution is -2.40. The van der Waals surface area contributed by atoms with E-state index in [1.54, 1.807) is 11.1 Å². The van der Waals surface area contributed by atoms with Crippen molar-refractivity contribution in [2.24, 2.45) is 11.3 Å². The second-order valence-corrected chi connectivity index (χ2v) is 6.47. The molecule has 1 aliphatic heterocycles. The van der Waals surface area contributed by atoms with E-state index in [-0.39, 0.29) is 18.4 Å². The van der Waals surface area contributed by atoms with E-state index in [1.807, 2.05) is 44.2 Å². The van der Waals surface area contributed by atoms with Crippen molar-refractivity contribution in [3.63, 3.8) is 0 Å². The number of aromatic nitrogens is 1. The van der Waals surface area contributed by atoms with Crippen molar-refractivity contribution >= 4 is 22.6 Å². The van der Waals surface area contributed by atoms with Crippen LogP contribution in [0.3, 0.4) is 0 Å². The fourth-order valence-electron chi connectivity index (χ4n) is 3.34. The largest absolute Gasteiger partial charge is 0.481 e. The minimum Gasteiger partial charge on any atom is -0.481 e. The summed E-state index contributed by atoms with van der Waals surface area (Å²) in [5.41, 5.74) is -0.465. The molecule has 1 atom stereocenters. The highest BCUT2D eigenvalue weighted by molar-refractivity contribution is 6.05. The number of pyridine rings is 1. The Hall–Kier alpha value is -2.43. The summed E-state index contributed by atoms with van der Waals surface area (Å²) in [6.07, 6.45) is 2.11. The lowest BCUT2D eigenvalue weighted by Gasteiger charge is -2.28. The molecule has 0 bridgehead atoms. The first-order valence-corrected chi connectivity index (χ1v) is 7.82. The highest BCUT2D eigenvalue weighted by Gasteiger charge is 2.48. The maximum atomic E-state index is 12.9. The molecule has 2 aromatic rings. The van der Waals surface area contributed by atoms with Gasteiger partial charge < -0.3 is 10.0 Å². The molecule has 1 N–H and O–H groups in total. The topological polar surface area (TPSA) is 70.5 Å². The van der Waals surface area contributed by atoms with Crippen LogP contribution in [0.15, 0.2) is 36.5 Å². The van der Waals surface area contributed by atoms with Gasteiger partial charge in [0.1, 0.15) is 5.69 Å². The smallest absolute Gasteiger partial charge is 0.311 e. The van der Waals surface area contributed by atoms with Gasteiger partial charge in [0.15, 0.2) is 0 Å². The number of hydrogen-bond acceptors (Lipinski definition) is 3. The molecule has 1 saturated heterocycles. The maximum absolute atomic E-state index is 12.9. The molecular formula is C18H20N2O3. The molecule has 1 unspecified atom stereocenters. The van der Waals surface area contributed by atoms with Crippen LogP contribution in [0.4, 0.5) is 0 Å². The number of nitrogens with zero attached hydrogens (tertiary/aromatic N) is 2. The number of carboxylic acids is 1. The van der Waals surface area contributed by atoms with Gasteiger partial charge in [-0.1, -0.05) is 38.1 Å². The van der Waals surface area contributed by atoms with Crippen molar-refractivity contribution < 1.29 is 14.7 Å². The van der Waals surface area contributed by atoms with Crippen molar-refractivity contribution in [2.75, 3.05) is 13.1 Å². The van der Waals surface area contributed by atoms with E-state index in [1.165, 1.54) is 0 Å². The lowest BCUT2D eigenvalue weighted by molar-refractivity contribution is -0.150. The van der Waals surface area contributed by atoms with Crippen LogP contribution in [-0.2, 0) is 4.79 Å². The van der Waals surface area contributed by atoms with E-state index in [2.05, 4.69) is 4.98 Å². The second kappa shape index (κ2) is 5.65. The van der Waals surface area contributed by atoms with Crippen molar-refractivity contribution in [1.29, 1.82) is 0 Å². The number of carboxylic acid groups (broad SMARTS) is 1. The average molecular weight is 312 g/mol. The number of hydrogen-bond donors (Lipinski definition) is 1. The van der Waals surface area contributed by atoms with Gasteiger partial charge in [0, 0.05) is 24.7 Å². The molecular weight excluding hydrogens is 292 g/mol. The van der Waals surface area contributed by atoms with Gasteiger partial charge in [-0.15, -0.1) is 0 Å². The predicted octanol–water partition coefficient (Wildman–Crippen LogP) is 2.81. The number of carbonyl (C=O) groups excluding carboxylic acids is 1. The molecule has 120 valence electrons. The van der Waals surface area contributed by atoms with E-state index < -0.39 is 11.4 Å². The molecule has 0 spiro atoms. The number of rotatable bonds is 3. The quantitative estimate of drug-likeness (QED) is 0.946. The second-order valence-electron chi connectivity index (χ2n) is 6.47. The van der Waals surface area contributed by atoms with Gasteiger partial charge in [0.2, 0.25) is 0 Å². The third-order valence-corrected chi connectivity index (χ3v) is 5.00. The summed E-state index contributed by atoms with van der Waals surface area (Å²) in [5, 5.41) is 11.4. The van der Waals surface area contributed by atoms with Crippen molar-refractivity contribution in [1.82, 2.24) is 9.88 Å². The van der Waals surface area contributed by atoms with E-state index in [0.717, 1.165) is 10.8 Å². The van der Waals surface area contributed by atoms with Gasteiger partial charge >= 0.3 is 5.97 Å². The number of benzene rings is 1. The average Bonchev–Trinajstić information content (AvgIpc) is 3.00. The molecule has 1 fully saturated rings. The molecule has 23 heavy (non-hydrogen) atoms. The van der Waals surface area contributed by atoms with Gasteiger partial charge in [-0.3, -0.25) is 14.6 Å². The van der Waals surface area contributed by atoms with E-state index >= 15 is 0 Å². The Bertz CT molecular complexity index is 766. The summed E-state index contributed by atoms with van der Waals surface area (Å²) in [7, 11) is 0. The van der Waals surface area contributed by atoms with Gasteiger partial charge in [-0.05, 0) is 23.8 Å². The number of likely N-dealkylation sites (tertiary alicyclic amines) is 1. The van der Waals surface area contributed by atoms with Crippen molar-refractivity contribution in [2.45, 2.75) is 20.3 Å². The number of amides is 1. The zero-order valence-corrected chi connectivity index (χ0v) is 13.3. The third kappa shape index (κ3) is 2.46.